The first-order valence-electron chi connectivity index (χ1n) is 7.43. The topological polar surface area (TPSA) is 29.5 Å². The molecule has 1 fully saturated rings. The van der Waals surface area contributed by atoms with E-state index in [1.165, 1.54) is 5.56 Å². The second kappa shape index (κ2) is 6.22. The number of carbonyl (C=O) groups is 1. The standard InChI is InChI=1S/C18H23NO2/c1-14-7-9-15(10-8-14)11-12-16-6-5-13-19(16)17(20)21-18(2,3)4/h7-10,16H,5-6,13H2,1-4H3. The van der Waals surface area contributed by atoms with Crippen LogP contribution in [0.25, 0.3) is 0 Å². The van der Waals surface area contributed by atoms with Crippen molar-refractivity contribution in [2.45, 2.75) is 52.2 Å². The van der Waals surface area contributed by atoms with Crippen LogP contribution >= 0.6 is 0 Å². The predicted molar refractivity (Wildman–Crippen MR) is 84.0 cm³/mol. The number of carbonyl (C=O) groups excluding carboxylic acids is 1. The van der Waals surface area contributed by atoms with Crippen LogP contribution in [0.5, 0.6) is 0 Å². The molecule has 0 bridgehead atoms. The average molecular weight is 285 g/mol. The number of likely N-dealkylation sites (tertiary alicyclic amines) is 1. The molecule has 1 aliphatic rings. The molecule has 1 aromatic rings. The second-order valence-electron chi connectivity index (χ2n) is 6.47. The Morgan fingerprint density at radius 3 is 2.57 bits per heavy atom. The summed E-state index contributed by atoms with van der Waals surface area (Å²) in [6, 6.07) is 8.07. The Bertz CT molecular complexity index is 558. The van der Waals surface area contributed by atoms with Gasteiger partial charge in [0.15, 0.2) is 0 Å². The third-order valence-corrected chi connectivity index (χ3v) is 3.32. The quantitative estimate of drug-likeness (QED) is 0.679. The monoisotopic (exact) mass is 285 g/mol. The van der Waals surface area contributed by atoms with E-state index in [0.29, 0.717) is 0 Å². The minimum atomic E-state index is -0.464. The Morgan fingerprint density at radius 2 is 1.95 bits per heavy atom. The summed E-state index contributed by atoms with van der Waals surface area (Å²) >= 11 is 0. The Morgan fingerprint density at radius 1 is 1.29 bits per heavy atom. The van der Waals surface area contributed by atoms with E-state index in [9.17, 15) is 4.79 Å². The zero-order chi connectivity index (χ0) is 15.5. The van der Waals surface area contributed by atoms with Gasteiger partial charge >= 0.3 is 6.09 Å². The van der Waals surface area contributed by atoms with Gasteiger partial charge in [-0.05, 0) is 52.7 Å². The lowest BCUT2D eigenvalue weighted by atomic mass is 10.1. The van der Waals surface area contributed by atoms with Crippen molar-refractivity contribution >= 4 is 6.09 Å². The zero-order valence-electron chi connectivity index (χ0n) is 13.3. The smallest absolute Gasteiger partial charge is 0.411 e. The first-order valence-corrected chi connectivity index (χ1v) is 7.43. The molecule has 1 atom stereocenters. The summed E-state index contributed by atoms with van der Waals surface area (Å²) in [5.74, 6) is 6.37. The Kier molecular flexibility index (Phi) is 4.57. The van der Waals surface area contributed by atoms with Crippen molar-refractivity contribution in [2.75, 3.05) is 6.54 Å². The van der Waals surface area contributed by atoms with Gasteiger partial charge in [0.2, 0.25) is 0 Å². The predicted octanol–water partition coefficient (Wildman–Crippen LogP) is 3.75. The van der Waals surface area contributed by atoms with Crippen molar-refractivity contribution in [3.63, 3.8) is 0 Å². The van der Waals surface area contributed by atoms with Gasteiger partial charge in [-0.3, -0.25) is 4.90 Å². The number of aryl methyl sites for hydroxylation is 1. The molecule has 0 aromatic heterocycles. The van der Waals surface area contributed by atoms with Crippen molar-refractivity contribution < 1.29 is 9.53 Å². The minimum Gasteiger partial charge on any atom is -0.444 e. The molecule has 112 valence electrons. The summed E-state index contributed by atoms with van der Waals surface area (Å²) in [7, 11) is 0. The van der Waals surface area contributed by atoms with Gasteiger partial charge in [0.25, 0.3) is 0 Å². The number of nitrogens with zero attached hydrogens (tertiary/aromatic N) is 1. The Hall–Kier alpha value is -1.95. The van der Waals surface area contributed by atoms with E-state index in [4.69, 9.17) is 4.74 Å². The summed E-state index contributed by atoms with van der Waals surface area (Å²) in [4.78, 5) is 13.9. The van der Waals surface area contributed by atoms with Crippen LogP contribution in [0, 0.1) is 18.8 Å². The van der Waals surface area contributed by atoms with Crippen LogP contribution in [0.15, 0.2) is 24.3 Å². The first-order chi connectivity index (χ1) is 9.85. The van der Waals surface area contributed by atoms with Crippen LogP contribution in [-0.2, 0) is 4.74 Å². The van der Waals surface area contributed by atoms with Crippen LogP contribution < -0.4 is 0 Å². The van der Waals surface area contributed by atoms with Gasteiger partial charge in [-0.15, -0.1) is 0 Å². The van der Waals surface area contributed by atoms with E-state index >= 15 is 0 Å². The fourth-order valence-electron chi connectivity index (χ4n) is 2.26. The number of amides is 1. The average Bonchev–Trinajstić information content (AvgIpc) is 2.84. The van der Waals surface area contributed by atoms with Crippen molar-refractivity contribution in [3.8, 4) is 11.8 Å². The second-order valence-corrected chi connectivity index (χ2v) is 6.47. The maximum Gasteiger partial charge on any atom is 0.411 e. The molecule has 3 nitrogen and oxygen atoms in total. The van der Waals surface area contributed by atoms with E-state index in [0.717, 1.165) is 24.9 Å². The van der Waals surface area contributed by atoms with Crippen LogP contribution in [0.1, 0.15) is 44.7 Å². The lowest BCUT2D eigenvalue weighted by Crippen LogP contribution is -2.39. The van der Waals surface area contributed by atoms with Crippen LogP contribution in [0.2, 0.25) is 0 Å². The Balaban J connectivity index is 2.06. The van der Waals surface area contributed by atoms with E-state index in [2.05, 4.69) is 18.8 Å². The van der Waals surface area contributed by atoms with E-state index < -0.39 is 5.60 Å². The SMILES string of the molecule is Cc1ccc(C#CC2CCCN2C(=O)OC(C)(C)C)cc1. The number of ether oxygens (including phenoxy) is 1. The molecule has 1 amide bonds. The van der Waals surface area contributed by atoms with Gasteiger partial charge in [-0.2, -0.15) is 0 Å². The molecule has 0 radical (unpaired) electrons. The highest BCUT2D eigenvalue weighted by Gasteiger charge is 2.30. The third-order valence-electron chi connectivity index (χ3n) is 3.32. The number of rotatable bonds is 0. The minimum absolute atomic E-state index is 0.0406. The van der Waals surface area contributed by atoms with Gasteiger partial charge in [-0.1, -0.05) is 29.5 Å². The maximum absolute atomic E-state index is 12.2. The lowest BCUT2D eigenvalue weighted by molar-refractivity contribution is 0.0261. The summed E-state index contributed by atoms with van der Waals surface area (Å²) < 4.78 is 5.44. The molecule has 0 N–H and O–H groups in total. The Labute approximate surface area is 127 Å². The molecule has 1 heterocycles. The number of hydrogen-bond donors (Lipinski definition) is 0. The van der Waals surface area contributed by atoms with Crippen molar-refractivity contribution in [1.29, 1.82) is 0 Å². The summed E-state index contributed by atoms with van der Waals surface area (Å²) in [6.45, 7) is 8.43. The van der Waals surface area contributed by atoms with Crippen molar-refractivity contribution in [3.05, 3.63) is 35.4 Å². The molecular weight excluding hydrogens is 262 g/mol. The summed E-state index contributed by atoms with van der Waals surface area (Å²) in [5.41, 5.74) is 1.74. The molecule has 1 aromatic carbocycles. The van der Waals surface area contributed by atoms with E-state index in [-0.39, 0.29) is 12.1 Å². The highest BCUT2D eigenvalue weighted by atomic mass is 16.6. The van der Waals surface area contributed by atoms with Crippen molar-refractivity contribution in [1.82, 2.24) is 4.90 Å². The summed E-state index contributed by atoms with van der Waals surface area (Å²) in [6.07, 6.45) is 1.63. The van der Waals surface area contributed by atoms with Gasteiger partial charge in [-0.25, -0.2) is 4.79 Å². The molecule has 3 heteroatoms. The largest absolute Gasteiger partial charge is 0.444 e. The third kappa shape index (κ3) is 4.53. The maximum atomic E-state index is 12.2. The van der Waals surface area contributed by atoms with Gasteiger partial charge < -0.3 is 4.74 Å². The molecular formula is C18H23NO2. The fourth-order valence-corrected chi connectivity index (χ4v) is 2.26. The lowest BCUT2D eigenvalue weighted by Gasteiger charge is -2.26. The molecule has 1 unspecified atom stereocenters. The van der Waals surface area contributed by atoms with Gasteiger partial charge in [0.1, 0.15) is 5.60 Å². The number of benzene rings is 1. The van der Waals surface area contributed by atoms with Gasteiger partial charge in [0, 0.05) is 12.1 Å². The summed E-state index contributed by atoms with van der Waals surface area (Å²) in [5, 5.41) is 0. The highest BCUT2D eigenvalue weighted by Crippen LogP contribution is 2.20. The van der Waals surface area contributed by atoms with E-state index in [1.807, 2.05) is 45.0 Å². The molecule has 0 spiro atoms. The molecule has 1 saturated heterocycles. The molecule has 21 heavy (non-hydrogen) atoms. The number of hydrogen-bond acceptors (Lipinski definition) is 2. The molecule has 2 rings (SSSR count). The normalized spacial score (nSPS) is 18.1. The van der Waals surface area contributed by atoms with Gasteiger partial charge in [0.05, 0.1) is 6.04 Å². The first kappa shape index (κ1) is 15.4. The zero-order valence-corrected chi connectivity index (χ0v) is 13.3. The van der Waals surface area contributed by atoms with Crippen molar-refractivity contribution in [2.24, 2.45) is 0 Å². The highest BCUT2D eigenvalue weighted by molar-refractivity contribution is 5.69. The van der Waals surface area contributed by atoms with Crippen LogP contribution in [0.3, 0.4) is 0 Å². The molecule has 1 aliphatic heterocycles. The van der Waals surface area contributed by atoms with Crippen LogP contribution in [0.4, 0.5) is 4.79 Å². The molecule has 0 aliphatic carbocycles. The van der Waals surface area contributed by atoms with Crippen LogP contribution in [-0.4, -0.2) is 29.2 Å². The van der Waals surface area contributed by atoms with E-state index in [1.54, 1.807) is 4.90 Å². The fraction of sp³-hybridized carbons (Fsp3) is 0.500. The molecule has 0 saturated carbocycles.